The zero-order valence-corrected chi connectivity index (χ0v) is 23.5. The standard InChI is InChI=1S/C15H8F5N3O2.C8H13ClN2O4S2/c16-12(17)11-5-10(7-1-3-8(4-2-7)15(18,19)20)22-13-9(14(24)25)6-21-23(11)13;1-8(3-12,4-13)11-17(14,15)6-2-5(10)7(9)16-6/h1-6,12H,(H,24,25);2,11-13H,3-4,10H2,1H3. The lowest BCUT2D eigenvalue weighted by Crippen LogP contribution is -2.51. The molecule has 3 heterocycles. The number of nitrogens with two attached hydrogens (primary N) is 1. The van der Waals surface area contributed by atoms with Gasteiger partial charge in [0, 0.05) is 5.56 Å². The Morgan fingerprint density at radius 3 is 2.21 bits per heavy atom. The van der Waals surface area contributed by atoms with Gasteiger partial charge in [0.15, 0.2) is 5.65 Å². The van der Waals surface area contributed by atoms with E-state index in [4.69, 9.17) is 32.7 Å². The fourth-order valence-corrected chi connectivity index (χ4v) is 6.21. The van der Waals surface area contributed by atoms with Gasteiger partial charge in [0.1, 0.15) is 19.8 Å². The van der Waals surface area contributed by atoms with Crippen LogP contribution >= 0.6 is 22.9 Å². The van der Waals surface area contributed by atoms with Gasteiger partial charge in [-0.05, 0) is 31.2 Å². The van der Waals surface area contributed by atoms with Crippen LogP contribution in [0.15, 0.2) is 46.8 Å². The molecule has 1 aromatic carbocycles. The molecule has 6 N–H and O–H groups in total. The number of nitrogen functional groups attached to an aromatic ring is 1. The molecule has 3 aromatic heterocycles. The predicted molar refractivity (Wildman–Crippen MR) is 142 cm³/mol. The third-order valence-electron chi connectivity index (χ3n) is 5.50. The van der Waals surface area contributed by atoms with Crippen LogP contribution in [-0.2, 0) is 16.2 Å². The summed E-state index contributed by atoms with van der Waals surface area (Å²) in [6.07, 6.45) is -6.64. The summed E-state index contributed by atoms with van der Waals surface area (Å²) in [6, 6.07) is 5.92. The number of aliphatic hydroxyl groups excluding tert-OH is 2. The molecule has 19 heteroatoms. The van der Waals surface area contributed by atoms with E-state index in [2.05, 4.69) is 14.8 Å². The first-order chi connectivity index (χ1) is 19.4. The number of nitrogens with one attached hydrogen (secondary N) is 1. The van der Waals surface area contributed by atoms with Gasteiger partial charge in [-0.15, -0.1) is 11.3 Å². The largest absolute Gasteiger partial charge is 0.477 e. The van der Waals surface area contributed by atoms with E-state index in [1.54, 1.807) is 0 Å². The Kier molecular flexibility index (Phi) is 9.80. The summed E-state index contributed by atoms with van der Waals surface area (Å²) < 4.78 is 91.1. The van der Waals surface area contributed by atoms with Crippen LogP contribution in [0.5, 0.6) is 0 Å². The number of alkyl halides is 5. The Bertz CT molecular complexity index is 1670. The molecule has 0 aliphatic rings. The van der Waals surface area contributed by atoms with E-state index in [9.17, 15) is 35.2 Å². The van der Waals surface area contributed by atoms with Crippen molar-refractivity contribution in [2.24, 2.45) is 0 Å². The van der Waals surface area contributed by atoms with Crippen molar-refractivity contribution in [1.29, 1.82) is 0 Å². The predicted octanol–water partition coefficient (Wildman–Crippen LogP) is 4.06. The third kappa shape index (κ3) is 7.31. The Hall–Kier alpha value is -3.42. The highest BCUT2D eigenvalue weighted by atomic mass is 35.5. The van der Waals surface area contributed by atoms with Crippen molar-refractivity contribution in [1.82, 2.24) is 19.3 Å². The molecular weight excluding hydrogens is 637 g/mol. The number of carboxylic acid groups (broad SMARTS) is 1. The molecule has 0 radical (unpaired) electrons. The zero-order chi connectivity index (χ0) is 31.6. The molecular formula is C23H21ClF5N5O6S2. The van der Waals surface area contributed by atoms with Gasteiger partial charge in [-0.25, -0.2) is 31.5 Å². The van der Waals surface area contributed by atoms with Gasteiger partial charge in [0.2, 0.25) is 0 Å². The molecule has 42 heavy (non-hydrogen) atoms. The average Bonchev–Trinajstić information content (AvgIpc) is 3.51. The minimum atomic E-state index is -4.54. The number of aromatic nitrogens is 3. The van der Waals surface area contributed by atoms with Crippen molar-refractivity contribution in [2.75, 3.05) is 18.9 Å². The number of aliphatic hydroxyl groups is 2. The zero-order valence-electron chi connectivity index (χ0n) is 21.1. The van der Waals surface area contributed by atoms with Crippen LogP contribution < -0.4 is 10.5 Å². The van der Waals surface area contributed by atoms with E-state index in [1.807, 2.05) is 0 Å². The third-order valence-corrected chi connectivity index (χ3v) is 9.00. The molecule has 0 aliphatic heterocycles. The molecule has 0 saturated carbocycles. The maximum absolute atomic E-state index is 13.2. The van der Waals surface area contributed by atoms with Crippen LogP contribution in [0.4, 0.5) is 27.6 Å². The van der Waals surface area contributed by atoms with Gasteiger partial charge < -0.3 is 21.1 Å². The molecule has 0 atom stereocenters. The van der Waals surface area contributed by atoms with E-state index in [0.717, 1.165) is 47.9 Å². The number of aromatic carboxylic acids is 1. The summed E-state index contributed by atoms with van der Waals surface area (Å²) in [4.78, 5) is 15.1. The molecule has 228 valence electrons. The summed E-state index contributed by atoms with van der Waals surface area (Å²) in [5.74, 6) is -1.41. The number of rotatable bonds is 8. The summed E-state index contributed by atoms with van der Waals surface area (Å²) in [5.41, 5.74) is 2.12. The highest BCUT2D eigenvalue weighted by Gasteiger charge is 2.31. The Morgan fingerprint density at radius 2 is 1.76 bits per heavy atom. The monoisotopic (exact) mass is 657 g/mol. The van der Waals surface area contributed by atoms with E-state index < -0.39 is 64.2 Å². The van der Waals surface area contributed by atoms with Gasteiger partial charge in [-0.2, -0.15) is 23.0 Å². The van der Waals surface area contributed by atoms with E-state index in [-0.39, 0.29) is 31.1 Å². The van der Waals surface area contributed by atoms with Crippen molar-refractivity contribution in [2.45, 2.75) is 29.3 Å². The number of hydrogen-bond donors (Lipinski definition) is 5. The summed E-state index contributed by atoms with van der Waals surface area (Å²) >= 11 is 6.49. The number of carbonyl (C=O) groups is 1. The molecule has 11 nitrogen and oxygen atoms in total. The molecule has 0 amide bonds. The van der Waals surface area contributed by atoms with Gasteiger partial charge in [0.05, 0.1) is 41.9 Å². The lowest BCUT2D eigenvalue weighted by atomic mass is 10.1. The second-order valence-electron chi connectivity index (χ2n) is 8.82. The number of benzene rings is 1. The molecule has 4 rings (SSSR count). The Balaban J connectivity index is 0.000000250. The molecule has 0 fully saturated rings. The summed E-state index contributed by atoms with van der Waals surface area (Å²) in [7, 11) is -3.86. The van der Waals surface area contributed by atoms with Crippen molar-refractivity contribution in [3.63, 3.8) is 0 Å². The normalized spacial score (nSPS) is 12.4. The summed E-state index contributed by atoms with van der Waals surface area (Å²) in [5, 5.41) is 30.7. The molecule has 0 spiro atoms. The van der Waals surface area contributed by atoms with Gasteiger partial charge in [0.25, 0.3) is 16.4 Å². The highest BCUT2D eigenvalue weighted by Crippen LogP contribution is 2.33. The molecule has 0 bridgehead atoms. The number of anilines is 1. The van der Waals surface area contributed by atoms with Crippen molar-refractivity contribution in [3.8, 4) is 11.3 Å². The number of carboxylic acids is 1. The number of sulfonamides is 1. The van der Waals surface area contributed by atoms with Crippen LogP contribution in [0.2, 0.25) is 4.34 Å². The first-order valence-corrected chi connectivity index (χ1v) is 14.0. The number of halogens is 6. The SMILES string of the molecule is CC(CO)(CO)NS(=O)(=O)c1cc(N)c(Cl)s1.O=C(O)c1cnn2c(C(F)F)cc(-c3ccc(C(F)(F)F)cc3)nc12. The molecule has 0 aliphatic carbocycles. The molecule has 0 unspecified atom stereocenters. The van der Waals surface area contributed by atoms with Crippen LogP contribution in [0.3, 0.4) is 0 Å². The van der Waals surface area contributed by atoms with Crippen LogP contribution in [0.1, 0.15) is 35.0 Å². The second kappa shape index (κ2) is 12.4. The Morgan fingerprint density at radius 1 is 1.17 bits per heavy atom. The van der Waals surface area contributed by atoms with E-state index in [1.165, 1.54) is 13.0 Å². The highest BCUT2D eigenvalue weighted by molar-refractivity contribution is 7.91. The number of nitrogens with zero attached hydrogens (tertiary/aromatic N) is 3. The topological polar surface area (TPSA) is 180 Å². The number of hydrogen-bond acceptors (Lipinski definition) is 9. The van der Waals surface area contributed by atoms with Crippen molar-refractivity contribution in [3.05, 3.63) is 63.8 Å². The van der Waals surface area contributed by atoms with E-state index >= 15 is 0 Å². The van der Waals surface area contributed by atoms with Gasteiger partial charge in [-0.1, -0.05) is 23.7 Å². The maximum atomic E-state index is 13.2. The van der Waals surface area contributed by atoms with Gasteiger partial charge in [-0.3, -0.25) is 0 Å². The lowest BCUT2D eigenvalue weighted by Gasteiger charge is -2.25. The fraction of sp³-hybridized carbons (Fsp3) is 0.261. The first-order valence-electron chi connectivity index (χ1n) is 11.3. The van der Waals surface area contributed by atoms with Crippen LogP contribution in [0, 0.1) is 0 Å². The minimum Gasteiger partial charge on any atom is -0.477 e. The van der Waals surface area contributed by atoms with Crippen molar-refractivity contribution >= 4 is 50.3 Å². The van der Waals surface area contributed by atoms with Crippen LogP contribution in [0.25, 0.3) is 16.9 Å². The van der Waals surface area contributed by atoms with Crippen molar-refractivity contribution < 1.29 is 50.5 Å². The maximum Gasteiger partial charge on any atom is 0.416 e. The number of thiophene rings is 1. The second-order valence-corrected chi connectivity index (χ2v) is 12.4. The smallest absolute Gasteiger partial charge is 0.416 e. The first kappa shape index (κ1) is 33.1. The lowest BCUT2D eigenvalue weighted by molar-refractivity contribution is -0.137. The summed E-state index contributed by atoms with van der Waals surface area (Å²) in [6.45, 7) is 0.317. The Labute approximate surface area is 243 Å². The van der Waals surface area contributed by atoms with Gasteiger partial charge >= 0.3 is 12.1 Å². The molecule has 4 aromatic rings. The van der Waals surface area contributed by atoms with Crippen LogP contribution in [-0.4, -0.2) is 63.1 Å². The fourth-order valence-electron chi connectivity index (χ4n) is 3.25. The molecule has 0 saturated heterocycles. The average molecular weight is 658 g/mol. The van der Waals surface area contributed by atoms with E-state index in [0.29, 0.717) is 4.52 Å². The quantitative estimate of drug-likeness (QED) is 0.175. The number of fused-ring (bicyclic) bond motifs is 1. The minimum absolute atomic E-state index is 0.0619.